The molecule has 0 saturated carbocycles. The van der Waals surface area contributed by atoms with Gasteiger partial charge in [0, 0.05) is 29.8 Å². The fourth-order valence-electron chi connectivity index (χ4n) is 2.74. The van der Waals surface area contributed by atoms with E-state index in [1.807, 2.05) is 0 Å². The van der Waals surface area contributed by atoms with E-state index in [1.54, 1.807) is 7.11 Å². The van der Waals surface area contributed by atoms with E-state index in [0.29, 0.717) is 30.2 Å². The van der Waals surface area contributed by atoms with Crippen molar-refractivity contribution in [3.63, 3.8) is 0 Å². The number of methoxy groups -OCH3 is 1. The molecule has 0 radical (unpaired) electrons. The van der Waals surface area contributed by atoms with Crippen LogP contribution in [0, 0.1) is 0 Å². The van der Waals surface area contributed by atoms with Gasteiger partial charge in [0.2, 0.25) is 0 Å². The molecular weight excluding hydrogens is 268 g/mol. The molecule has 0 N–H and O–H groups in total. The van der Waals surface area contributed by atoms with E-state index in [2.05, 4.69) is 42.5 Å². The van der Waals surface area contributed by atoms with E-state index < -0.39 is 0 Å². The van der Waals surface area contributed by atoms with E-state index in [-0.39, 0.29) is 0 Å². The summed E-state index contributed by atoms with van der Waals surface area (Å²) >= 11 is 0. The second-order valence-corrected chi connectivity index (χ2v) is 7.28. The summed E-state index contributed by atoms with van der Waals surface area (Å²) in [5.74, 6) is 2.42. The summed E-state index contributed by atoms with van der Waals surface area (Å²) < 4.78 is 10.9. The van der Waals surface area contributed by atoms with Crippen LogP contribution in [0.1, 0.15) is 6.42 Å². The van der Waals surface area contributed by atoms with Gasteiger partial charge in [0.05, 0.1) is 13.2 Å². The minimum absolute atomic E-state index is 0.333. The molecule has 0 amide bonds. The first kappa shape index (κ1) is 13.9. The Hall–Kier alpha value is -1.03. The third-order valence-corrected chi connectivity index (χ3v) is 6.26. The molecule has 0 aliphatic carbocycles. The Kier molecular flexibility index (Phi) is 4.61. The molecule has 1 saturated heterocycles. The lowest BCUT2D eigenvalue weighted by atomic mass is 10.1. The largest absolute Gasteiger partial charge is 0.382 e. The predicted molar refractivity (Wildman–Crippen MR) is 85.5 cm³/mol. The Morgan fingerprint density at radius 3 is 2.85 bits per heavy atom. The lowest BCUT2D eigenvalue weighted by molar-refractivity contribution is 0.0301. The second kappa shape index (κ2) is 6.61. The van der Waals surface area contributed by atoms with Crippen LogP contribution in [0.4, 0.5) is 0 Å². The Labute approximate surface area is 123 Å². The van der Waals surface area contributed by atoms with Crippen molar-refractivity contribution >= 4 is 21.7 Å². The summed E-state index contributed by atoms with van der Waals surface area (Å²) in [6.07, 6.45) is 1.59. The average molecular weight is 289 g/mol. The first-order chi connectivity index (χ1) is 9.88. The standard InChI is InChI=1S/C17H21O2S/c1-18-10-11-19-15-9-12-20(13-15)17-8-4-6-14-5-2-3-7-16(14)17/h2-8,15H,9-13H2,1H3/q+1. The van der Waals surface area contributed by atoms with Gasteiger partial charge in [0.1, 0.15) is 17.6 Å². The molecule has 2 unspecified atom stereocenters. The van der Waals surface area contributed by atoms with Crippen LogP contribution in [-0.4, -0.2) is 37.9 Å². The lowest BCUT2D eigenvalue weighted by Gasteiger charge is -2.08. The summed E-state index contributed by atoms with van der Waals surface area (Å²) in [4.78, 5) is 1.51. The summed E-state index contributed by atoms with van der Waals surface area (Å²) in [7, 11) is 2.05. The highest BCUT2D eigenvalue weighted by Gasteiger charge is 2.36. The fourth-order valence-corrected chi connectivity index (χ4v) is 5.33. The molecule has 2 aromatic carbocycles. The van der Waals surface area contributed by atoms with Crippen LogP contribution in [0.2, 0.25) is 0 Å². The van der Waals surface area contributed by atoms with Crippen LogP contribution in [0.15, 0.2) is 47.4 Å². The highest BCUT2D eigenvalue weighted by atomic mass is 32.2. The molecule has 1 aliphatic rings. The average Bonchev–Trinajstić information content (AvgIpc) is 2.96. The summed E-state index contributed by atoms with van der Waals surface area (Å²) in [5, 5.41) is 2.76. The van der Waals surface area contributed by atoms with Gasteiger partial charge in [-0.25, -0.2) is 0 Å². The Morgan fingerprint density at radius 1 is 1.10 bits per heavy atom. The maximum Gasteiger partial charge on any atom is 0.162 e. The normalized spacial score (nSPS) is 22.4. The van der Waals surface area contributed by atoms with Crippen molar-refractivity contribution in [2.45, 2.75) is 17.4 Å². The van der Waals surface area contributed by atoms with Gasteiger partial charge in [-0.2, -0.15) is 0 Å². The molecule has 1 fully saturated rings. The number of hydrogen-bond donors (Lipinski definition) is 0. The van der Waals surface area contributed by atoms with E-state index >= 15 is 0 Å². The Bertz CT molecular complexity index is 564. The summed E-state index contributed by atoms with van der Waals surface area (Å²) in [6.45, 7) is 1.41. The second-order valence-electron chi connectivity index (χ2n) is 5.12. The minimum Gasteiger partial charge on any atom is -0.382 e. The highest BCUT2D eigenvalue weighted by molar-refractivity contribution is 7.97. The van der Waals surface area contributed by atoms with E-state index in [9.17, 15) is 0 Å². The lowest BCUT2D eigenvalue weighted by Crippen LogP contribution is -2.17. The molecule has 3 heteroatoms. The van der Waals surface area contributed by atoms with Crippen molar-refractivity contribution in [1.82, 2.24) is 0 Å². The smallest absolute Gasteiger partial charge is 0.162 e. The number of hydrogen-bond acceptors (Lipinski definition) is 2. The molecule has 2 aromatic rings. The molecule has 2 atom stereocenters. The van der Waals surface area contributed by atoms with E-state index in [0.717, 1.165) is 5.75 Å². The maximum absolute atomic E-state index is 5.89. The fraction of sp³-hybridized carbons (Fsp3) is 0.412. The number of ether oxygens (including phenoxy) is 2. The third kappa shape index (κ3) is 3.00. The number of benzene rings is 2. The zero-order valence-corrected chi connectivity index (χ0v) is 12.7. The van der Waals surface area contributed by atoms with Gasteiger partial charge in [-0.05, 0) is 17.5 Å². The van der Waals surface area contributed by atoms with Gasteiger partial charge in [-0.1, -0.05) is 30.3 Å². The number of fused-ring (bicyclic) bond motifs is 1. The first-order valence-corrected chi connectivity index (χ1v) is 8.70. The molecule has 0 spiro atoms. The van der Waals surface area contributed by atoms with Gasteiger partial charge < -0.3 is 9.47 Å². The van der Waals surface area contributed by atoms with Crippen LogP contribution in [0.5, 0.6) is 0 Å². The monoisotopic (exact) mass is 289 g/mol. The van der Waals surface area contributed by atoms with E-state index in [4.69, 9.17) is 9.47 Å². The summed E-state index contributed by atoms with van der Waals surface area (Å²) in [6, 6.07) is 15.4. The van der Waals surface area contributed by atoms with Crippen LogP contribution >= 0.6 is 0 Å². The van der Waals surface area contributed by atoms with Gasteiger partial charge in [-0.3, -0.25) is 0 Å². The zero-order valence-electron chi connectivity index (χ0n) is 11.9. The quantitative estimate of drug-likeness (QED) is 0.621. The van der Waals surface area contributed by atoms with Crippen molar-refractivity contribution < 1.29 is 9.47 Å². The Balaban J connectivity index is 1.73. The van der Waals surface area contributed by atoms with Crippen LogP contribution in [0.25, 0.3) is 10.8 Å². The molecule has 0 aromatic heterocycles. The van der Waals surface area contributed by atoms with Crippen LogP contribution in [0.3, 0.4) is 0 Å². The van der Waals surface area contributed by atoms with Crippen LogP contribution < -0.4 is 0 Å². The van der Waals surface area contributed by atoms with Gasteiger partial charge in [-0.15, -0.1) is 0 Å². The predicted octanol–water partition coefficient (Wildman–Crippen LogP) is 3.25. The first-order valence-electron chi connectivity index (χ1n) is 7.14. The molecule has 1 heterocycles. The van der Waals surface area contributed by atoms with Crippen molar-refractivity contribution in [3.8, 4) is 0 Å². The van der Waals surface area contributed by atoms with Crippen LogP contribution in [-0.2, 0) is 20.4 Å². The molecule has 1 aliphatic heterocycles. The molecule has 2 nitrogen and oxygen atoms in total. The summed E-state index contributed by atoms with van der Waals surface area (Å²) in [5.41, 5.74) is 0. The maximum atomic E-state index is 5.89. The van der Waals surface area contributed by atoms with Gasteiger partial charge in [0.25, 0.3) is 0 Å². The zero-order chi connectivity index (χ0) is 13.8. The third-order valence-electron chi connectivity index (χ3n) is 3.77. The van der Waals surface area contributed by atoms with Crippen molar-refractivity contribution in [3.05, 3.63) is 42.5 Å². The minimum atomic E-state index is 0.333. The van der Waals surface area contributed by atoms with E-state index in [1.165, 1.54) is 27.8 Å². The van der Waals surface area contributed by atoms with Crippen molar-refractivity contribution in [2.75, 3.05) is 31.8 Å². The topological polar surface area (TPSA) is 18.5 Å². The Morgan fingerprint density at radius 2 is 1.95 bits per heavy atom. The molecule has 20 heavy (non-hydrogen) atoms. The number of rotatable bonds is 5. The molecule has 0 bridgehead atoms. The van der Waals surface area contributed by atoms with Crippen molar-refractivity contribution in [2.24, 2.45) is 0 Å². The van der Waals surface area contributed by atoms with Gasteiger partial charge in [0.15, 0.2) is 4.90 Å². The molecular formula is C17H21O2S+. The highest BCUT2D eigenvalue weighted by Crippen LogP contribution is 2.30. The van der Waals surface area contributed by atoms with Gasteiger partial charge >= 0.3 is 0 Å². The van der Waals surface area contributed by atoms with Crippen molar-refractivity contribution in [1.29, 1.82) is 0 Å². The molecule has 106 valence electrons. The SMILES string of the molecule is COCCOC1CC[S+](c2cccc3ccccc23)C1. The molecule has 3 rings (SSSR count).